The molecule has 0 bridgehead atoms. The highest BCUT2D eigenvalue weighted by molar-refractivity contribution is 7.89. The van der Waals surface area contributed by atoms with E-state index in [4.69, 9.17) is 5.73 Å². The maximum atomic E-state index is 12.2. The number of sulfonamides is 1. The maximum Gasteiger partial charge on any atom is 0.240 e. The Kier molecular flexibility index (Phi) is 5.12. The second-order valence-electron chi connectivity index (χ2n) is 4.97. The van der Waals surface area contributed by atoms with Crippen LogP contribution in [0.15, 0.2) is 59.5 Å². The summed E-state index contributed by atoms with van der Waals surface area (Å²) in [6.45, 7) is 2.09. The number of hydrogen-bond acceptors (Lipinski definition) is 3. The monoisotopic (exact) mass is 304 g/mol. The quantitative estimate of drug-likeness (QED) is 0.860. The normalized spacial score (nSPS) is 13.0. The van der Waals surface area contributed by atoms with Crippen LogP contribution in [0.1, 0.15) is 23.6 Å². The molecule has 0 fully saturated rings. The van der Waals surface area contributed by atoms with Gasteiger partial charge in [0, 0.05) is 12.6 Å². The van der Waals surface area contributed by atoms with Crippen molar-refractivity contribution in [1.29, 1.82) is 0 Å². The van der Waals surface area contributed by atoms with Crippen LogP contribution in [0, 0.1) is 6.92 Å². The lowest BCUT2D eigenvalue weighted by molar-refractivity contribution is 0.569. The average Bonchev–Trinajstić information content (AvgIpc) is 2.48. The van der Waals surface area contributed by atoms with Gasteiger partial charge in [-0.3, -0.25) is 0 Å². The molecule has 3 N–H and O–H groups in total. The minimum Gasteiger partial charge on any atom is -0.324 e. The Bertz CT molecular complexity index is 684. The van der Waals surface area contributed by atoms with Gasteiger partial charge in [0.25, 0.3) is 0 Å². The van der Waals surface area contributed by atoms with Crippen molar-refractivity contribution < 1.29 is 8.42 Å². The van der Waals surface area contributed by atoms with Gasteiger partial charge in [-0.1, -0.05) is 48.5 Å². The first kappa shape index (κ1) is 15.7. The van der Waals surface area contributed by atoms with Crippen molar-refractivity contribution >= 4 is 10.0 Å². The number of benzene rings is 2. The van der Waals surface area contributed by atoms with E-state index in [9.17, 15) is 8.42 Å². The zero-order valence-electron chi connectivity index (χ0n) is 12.0. The second-order valence-corrected chi connectivity index (χ2v) is 6.70. The number of rotatable bonds is 6. The molecule has 0 aliphatic rings. The van der Waals surface area contributed by atoms with Gasteiger partial charge in [0.1, 0.15) is 0 Å². The SMILES string of the molecule is Cc1ccccc1S(=O)(=O)NCCC(N)c1ccccc1. The molecule has 0 saturated heterocycles. The predicted octanol–water partition coefficient (Wildman–Crippen LogP) is 2.36. The summed E-state index contributed by atoms with van der Waals surface area (Å²) in [6.07, 6.45) is 0.551. The van der Waals surface area contributed by atoms with Gasteiger partial charge in [0.05, 0.1) is 4.90 Å². The largest absolute Gasteiger partial charge is 0.324 e. The molecule has 0 aliphatic heterocycles. The fourth-order valence-corrected chi connectivity index (χ4v) is 3.44. The van der Waals surface area contributed by atoms with E-state index in [-0.39, 0.29) is 6.04 Å². The molecule has 0 radical (unpaired) electrons. The Morgan fingerprint density at radius 1 is 1.05 bits per heavy atom. The zero-order valence-corrected chi connectivity index (χ0v) is 12.8. The minimum atomic E-state index is -3.47. The molecule has 0 aliphatic carbocycles. The van der Waals surface area contributed by atoms with E-state index in [1.807, 2.05) is 36.4 Å². The molecule has 21 heavy (non-hydrogen) atoms. The summed E-state index contributed by atoms with van der Waals surface area (Å²) in [7, 11) is -3.47. The molecule has 112 valence electrons. The Balaban J connectivity index is 1.96. The third kappa shape index (κ3) is 4.14. The molecule has 2 rings (SSSR count). The van der Waals surface area contributed by atoms with Crippen molar-refractivity contribution in [2.75, 3.05) is 6.54 Å². The highest BCUT2D eigenvalue weighted by atomic mass is 32.2. The molecule has 0 amide bonds. The van der Waals surface area contributed by atoms with Gasteiger partial charge >= 0.3 is 0 Å². The lowest BCUT2D eigenvalue weighted by Gasteiger charge is -2.13. The van der Waals surface area contributed by atoms with Crippen LogP contribution in [-0.4, -0.2) is 15.0 Å². The Morgan fingerprint density at radius 3 is 2.33 bits per heavy atom. The van der Waals surface area contributed by atoms with Crippen molar-refractivity contribution in [3.05, 3.63) is 65.7 Å². The van der Waals surface area contributed by atoms with Crippen LogP contribution in [0.5, 0.6) is 0 Å². The van der Waals surface area contributed by atoms with E-state index in [2.05, 4.69) is 4.72 Å². The summed E-state index contributed by atoms with van der Waals surface area (Å²) in [5.74, 6) is 0. The van der Waals surface area contributed by atoms with E-state index in [1.165, 1.54) is 0 Å². The van der Waals surface area contributed by atoms with Crippen LogP contribution >= 0.6 is 0 Å². The lowest BCUT2D eigenvalue weighted by Crippen LogP contribution is -2.27. The minimum absolute atomic E-state index is 0.175. The highest BCUT2D eigenvalue weighted by Gasteiger charge is 2.16. The lowest BCUT2D eigenvalue weighted by atomic mass is 10.1. The number of aryl methyl sites for hydroxylation is 1. The fraction of sp³-hybridized carbons (Fsp3) is 0.250. The molecule has 5 heteroatoms. The van der Waals surface area contributed by atoms with Gasteiger partial charge in [-0.25, -0.2) is 13.1 Å². The van der Waals surface area contributed by atoms with Crippen molar-refractivity contribution in [1.82, 2.24) is 4.72 Å². The first-order chi connectivity index (χ1) is 10.0. The molecule has 2 aromatic carbocycles. The van der Waals surface area contributed by atoms with E-state index < -0.39 is 10.0 Å². The molecule has 0 aromatic heterocycles. The number of nitrogens with two attached hydrogens (primary N) is 1. The molecule has 0 saturated carbocycles. The van der Waals surface area contributed by atoms with Crippen LogP contribution in [0.3, 0.4) is 0 Å². The Hall–Kier alpha value is -1.69. The average molecular weight is 304 g/mol. The van der Waals surface area contributed by atoms with Crippen molar-refractivity contribution in [3.8, 4) is 0 Å². The van der Waals surface area contributed by atoms with Crippen LogP contribution in [-0.2, 0) is 10.0 Å². The van der Waals surface area contributed by atoms with E-state index in [1.54, 1.807) is 25.1 Å². The summed E-state index contributed by atoms with van der Waals surface area (Å²) >= 11 is 0. The maximum absolute atomic E-state index is 12.2. The third-order valence-corrected chi connectivity index (χ3v) is 4.98. The van der Waals surface area contributed by atoms with Gasteiger partial charge < -0.3 is 5.73 Å². The summed E-state index contributed by atoms with van der Waals surface area (Å²) in [5.41, 5.74) is 7.80. The Morgan fingerprint density at radius 2 is 1.67 bits per heavy atom. The molecule has 1 unspecified atom stereocenters. The molecule has 0 spiro atoms. The third-order valence-electron chi connectivity index (χ3n) is 3.36. The molecule has 1 atom stereocenters. The van der Waals surface area contributed by atoms with Gasteiger partial charge in [-0.15, -0.1) is 0 Å². The van der Waals surface area contributed by atoms with Gasteiger partial charge in [0.15, 0.2) is 0 Å². The molecular weight excluding hydrogens is 284 g/mol. The second kappa shape index (κ2) is 6.85. The number of nitrogens with one attached hydrogen (secondary N) is 1. The fourth-order valence-electron chi connectivity index (χ4n) is 2.15. The smallest absolute Gasteiger partial charge is 0.240 e. The highest BCUT2D eigenvalue weighted by Crippen LogP contribution is 2.15. The first-order valence-corrected chi connectivity index (χ1v) is 8.35. The van der Waals surface area contributed by atoms with Crippen molar-refractivity contribution in [2.45, 2.75) is 24.3 Å². The molecule has 0 heterocycles. The van der Waals surface area contributed by atoms with Gasteiger partial charge in [-0.05, 0) is 30.5 Å². The van der Waals surface area contributed by atoms with Crippen LogP contribution in [0.25, 0.3) is 0 Å². The molecule has 2 aromatic rings. The van der Waals surface area contributed by atoms with E-state index >= 15 is 0 Å². The summed E-state index contributed by atoms with van der Waals surface area (Å²) in [5, 5.41) is 0. The first-order valence-electron chi connectivity index (χ1n) is 6.86. The topological polar surface area (TPSA) is 72.2 Å². The molecule has 4 nitrogen and oxygen atoms in total. The summed E-state index contributed by atoms with van der Waals surface area (Å²) in [6, 6.07) is 16.4. The van der Waals surface area contributed by atoms with E-state index in [0.717, 1.165) is 11.1 Å². The number of hydrogen-bond donors (Lipinski definition) is 2. The zero-order chi connectivity index (χ0) is 15.3. The summed E-state index contributed by atoms with van der Waals surface area (Å²) < 4.78 is 27.0. The molecular formula is C16H20N2O2S. The standard InChI is InChI=1S/C16H20N2O2S/c1-13-7-5-6-10-16(13)21(19,20)18-12-11-15(17)14-8-3-2-4-9-14/h2-10,15,18H,11-12,17H2,1H3. The van der Waals surface area contributed by atoms with E-state index in [0.29, 0.717) is 17.9 Å². The van der Waals surface area contributed by atoms with Crippen LogP contribution in [0.4, 0.5) is 0 Å². The van der Waals surface area contributed by atoms with Gasteiger partial charge in [0.2, 0.25) is 10.0 Å². The summed E-state index contributed by atoms with van der Waals surface area (Å²) in [4.78, 5) is 0.318. The van der Waals surface area contributed by atoms with Crippen molar-refractivity contribution in [3.63, 3.8) is 0 Å². The van der Waals surface area contributed by atoms with Crippen molar-refractivity contribution in [2.24, 2.45) is 5.73 Å². The Labute approximate surface area is 126 Å². The van der Waals surface area contributed by atoms with Gasteiger partial charge in [-0.2, -0.15) is 0 Å². The predicted molar refractivity (Wildman–Crippen MR) is 84.4 cm³/mol. The van der Waals surface area contributed by atoms with Crippen LogP contribution < -0.4 is 10.5 Å². The van der Waals surface area contributed by atoms with Crippen LogP contribution in [0.2, 0.25) is 0 Å².